The number of carbonyl (C=O) groups is 1. The van der Waals surface area contributed by atoms with Crippen LogP contribution in [0.1, 0.15) is 25.1 Å². The fourth-order valence-electron chi connectivity index (χ4n) is 2.87. The molecule has 33 heavy (non-hydrogen) atoms. The molecule has 2 aromatic rings. The third-order valence-corrected chi connectivity index (χ3v) is 5.01. The van der Waals surface area contributed by atoms with Crippen LogP contribution < -0.4 is 20.3 Å². The highest BCUT2D eigenvalue weighted by Crippen LogP contribution is 2.29. The SMILES string of the molecule is CCN(CC)c1nc(Nc2cc(C)ccn2)c(NCCOC)c(C(=N)C(=O)NS(C)(=O)=O)n1. The second-order valence-electron chi connectivity index (χ2n) is 7.11. The van der Waals surface area contributed by atoms with Crippen molar-refractivity contribution in [2.24, 2.45) is 0 Å². The Hall–Kier alpha value is -3.32. The van der Waals surface area contributed by atoms with Crippen LogP contribution in [-0.2, 0) is 19.6 Å². The Kier molecular flexibility index (Phi) is 9.05. The second kappa shape index (κ2) is 11.5. The number of aryl methyl sites for hydroxylation is 1. The van der Waals surface area contributed by atoms with Crippen LogP contribution in [0.15, 0.2) is 18.3 Å². The van der Waals surface area contributed by atoms with Crippen molar-refractivity contribution in [2.45, 2.75) is 20.8 Å². The first-order chi connectivity index (χ1) is 15.6. The number of pyridine rings is 1. The molecule has 180 valence electrons. The molecule has 2 rings (SSSR count). The lowest BCUT2D eigenvalue weighted by molar-refractivity contribution is -0.113. The number of sulfonamides is 1. The molecule has 0 aliphatic heterocycles. The zero-order valence-electron chi connectivity index (χ0n) is 19.4. The summed E-state index contributed by atoms with van der Waals surface area (Å²) < 4.78 is 30.0. The number of aromatic nitrogens is 3. The van der Waals surface area contributed by atoms with E-state index in [1.807, 2.05) is 42.5 Å². The van der Waals surface area contributed by atoms with Gasteiger partial charge in [-0.2, -0.15) is 4.98 Å². The topological polar surface area (TPSA) is 162 Å². The molecule has 0 spiro atoms. The molecule has 0 saturated heterocycles. The zero-order valence-corrected chi connectivity index (χ0v) is 20.2. The normalized spacial score (nSPS) is 11.1. The Morgan fingerprint density at radius 3 is 2.52 bits per heavy atom. The number of hydrogen-bond acceptors (Lipinski definition) is 11. The molecular weight excluding hydrogens is 448 g/mol. The average Bonchev–Trinajstić information content (AvgIpc) is 2.74. The number of carbonyl (C=O) groups excluding carboxylic acids is 1. The molecule has 13 heteroatoms. The van der Waals surface area contributed by atoms with Crippen molar-refractivity contribution in [3.05, 3.63) is 29.6 Å². The van der Waals surface area contributed by atoms with Gasteiger partial charge in [0.15, 0.2) is 5.82 Å². The molecular formula is C20H30N8O4S. The number of nitrogens with zero attached hydrogens (tertiary/aromatic N) is 4. The first-order valence-electron chi connectivity index (χ1n) is 10.3. The molecule has 0 saturated carbocycles. The highest BCUT2D eigenvalue weighted by atomic mass is 32.2. The van der Waals surface area contributed by atoms with Gasteiger partial charge >= 0.3 is 0 Å². The molecule has 0 aliphatic rings. The minimum atomic E-state index is -3.87. The van der Waals surface area contributed by atoms with E-state index in [-0.39, 0.29) is 23.1 Å². The van der Waals surface area contributed by atoms with E-state index in [0.717, 1.165) is 11.8 Å². The fourth-order valence-corrected chi connectivity index (χ4v) is 3.31. The van der Waals surface area contributed by atoms with Gasteiger partial charge in [-0.3, -0.25) is 10.2 Å². The predicted molar refractivity (Wildman–Crippen MR) is 128 cm³/mol. The highest BCUT2D eigenvalue weighted by Gasteiger charge is 2.25. The third-order valence-electron chi connectivity index (χ3n) is 4.46. The van der Waals surface area contributed by atoms with E-state index in [4.69, 9.17) is 10.1 Å². The van der Waals surface area contributed by atoms with Crippen molar-refractivity contribution >= 4 is 44.9 Å². The Morgan fingerprint density at radius 2 is 1.94 bits per heavy atom. The summed E-state index contributed by atoms with van der Waals surface area (Å²) >= 11 is 0. The molecule has 2 heterocycles. The van der Waals surface area contributed by atoms with Gasteiger partial charge in [0.25, 0.3) is 5.91 Å². The van der Waals surface area contributed by atoms with Crippen LogP contribution in [0.3, 0.4) is 0 Å². The van der Waals surface area contributed by atoms with Crippen LogP contribution in [0.25, 0.3) is 0 Å². The van der Waals surface area contributed by atoms with Gasteiger partial charge < -0.3 is 20.3 Å². The van der Waals surface area contributed by atoms with Gasteiger partial charge in [-0.25, -0.2) is 23.1 Å². The van der Waals surface area contributed by atoms with Gasteiger partial charge in [0, 0.05) is 32.9 Å². The maximum Gasteiger partial charge on any atom is 0.284 e. The predicted octanol–water partition coefficient (Wildman–Crippen LogP) is 1.27. The molecule has 0 bridgehead atoms. The van der Waals surface area contributed by atoms with E-state index < -0.39 is 21.6 Å². The number of amides is 1. The summed E-state index contributed by atoms with van der Waals surface area (Å²) in [5.74, 6) is -0.0319. The van der Waals surface area contributed by atoms with Crippen molar-refractivity contribution in [1.82, 2.24) is 19.7 Å². The number of methoxy groups -OCH3 is 1. The number of anilines is 4. The van der Waals surface area contributed by atoms with Crippen LogP contribution in [-0.4, -0.2) is 74.6 Å². The fraction of sp³-hybridized carbons (Fsp3) is 0.450. The van der Waals surface area contributed by atoms with Gasteiger partial charge in [0.2, 0.25) is 16.0 Å². The summed E-state index contributed by atoms with van der Waals surface area (Å²) in [4.78, 5) is 27.7. The monoisotopic (exact) mass is 478 g/mol. The van der Waals surface area contributed by atoms with Crippen LogP contribution in [0.2, 0.25) is 0 Å². The van der Waals surface area contributed by atoms with Gasteiger partial charge in [0.1, 0.15) is 22.9 Å². The van der Waals surface area contributed by atoms with Crippen molar-refractivity contribution < 1.29 is 17.9 Å². The van der Waals surface area contributed by atoms with Crippen LogP contribution >= 0.6 is 0 Å². The summed E-state index contributed by atoms with van der Waals surface area (Å²) in [5.41, 5.74) is 0.538. The maximum atomic E-state index is 12.5. The van der Waals surface area contributed by atoms with Crippen LogP contribution in [0.4, 0.5) is 23.3 Å². The van der Waals surface area contributed by atoms with E-state index in [0.29, 0.717) is 32.1 Å². The number of ether oxygens (including phenoxy) is 1. The third kappa shape index (κ3) is 7.36. The lowest BCUT2D eigenvalue weighted by Gasteiger charge is -2.23. The summed E-state index contributed by atoms with van der Waals surface area (Å²) in [5, 5.41) is 14.6. The van der Waals surface area contributed by atoms with Crippen LogP contribution in [0.5, 0.6) is 0 Å². The maximum absolute atomic E-state index is 12.5. The lowest BCUT2D eigenvalue weighted by atomic mass is 10.2. The van der Waals surface area contributed by atoms with Gasteiger partial charge in [0.05, 0.1) is 12.9 Å². The second-order valence-corrected chi connectivity index (χ2v) is 8.86. The molecule has 1 amide bonds. The largest absolute Gasteiger partial charge is 0.383 e. The first kappa shape index (κ1) is 25.9. The van der Waals surface area contributed by atoms with E-state index in [9.17, 15) is 13.2 Å². The van der Waals surface area contributed by atoms with Crippen molar-refractivity contribution in [1.29, 1.82) is 5.41 Å². The Morgan fingerprint density at radius 1 is 1.24 bits per heavy atom. The minimum absolute atomic E-state index is 0.0562. The smallest absolute Gasteiger partial charge is 0.284 e. The van der Waals surface area contributed by atoms with Crippen molar-refractivity contribution in [2.75, 3.05) is 55.1 Å². The van der Waals surface area contributed by atoms with E-state index in [1.165, 1.54) is 0 Å². The summed E-state index contributed by atoms with van der Waals surface area (Å²) in [6.45, 7) is 7.59. The average molecular weight is 479 g/mol. The Bertz CT molecular complexity index is 1100. The van der Waals surface area contributed by atoms with Crippen molar-refractivity contribution in [3.8, 4) is 0 Å². The van der Waals surface area contributed by atoms with Crippen LogP contribution in [0, 0.1) is 12.3 Å². The number of nitrogens with one attached hydrogen (secondary N) is 4. The Balaban J connectivity index is 2.67. The molecule has 12 nitrogen and oxygen atoms in total. The number of rotatable bonds is 12. The lowest BCUT2D eigenvalue weighted by Crippen LogP contribution is -2.36. The summed E-state index contributed by atoms with van der Waals surface area (Å²) in [7, 11) is -2.33. The van der Waals surface area contributed by atoms with Gasteiger partial charge in [-0.15, -0.1) is 0 Å². The molecule has 0 aliphatic carbocycles. The Labute approximate surface area is 193 Å². The minimum Gasteiger partial charge on any atom is -0.383 e. The molecule has 0 unspecified atom stereocenters. The highest BCUT2D eigenvalue weighted by molar-refractivity contribution is 7.89. The standard InChI is InChI=1S/C20H30N8O4S/c1-6-28(7-2)20-25-16(15(21)19(29)27-33(5,30)31)17(23-10-11-32-4)18(26-20)24-14-12-13(3)8-9-22-14/h8-9,12,21,23H,6-7,10-11H2,1-5H3,(H,27,29)(H,22,24,25,26). The van der Waals surface area contributed by atoms with E-state index in [1.54, 1.807) is 13.3 Å². The molecule has 0 fully saturated rings. The first-order valence-corrected chi connectivity index (χ1v) is 12.2. The molecule has 4 N–H and O–H groups in total. The molecule has 0 atom stereocenters. The quantitative estimate of drug-likeness (QED) is 0.258. The molecule has 0 aromatic carbocycles. The van der Waals surface area contributed by atoms with E-state index >= 15 is 0 Å². The molecule has 2 aromatic heterocycles. The van der Waals surface area contributed by atoms with Crippen molar-refractivity contribution in [3.63, 3.8) is 0 Å². The number of hydrogen-bond donors (Lipinski definition) is 4. The van der Waals surface area contributed by atoms with E-state index in [2.05, 4.69) is 25.6 Å². The zero-order chi connectivity index (χ0) is 24.6. The van der Waals surface area contributed by atoms with Gasteiger partial charge in [-0.1, -0.05) is 0 Å². The summed E-state index contributed by atoms with van der Waals surface area (Å²) in [6, 6.07) is 3.67. The summed E-state index contributed by atoms with van der Waals surface area (Å²) in [6.07, 6.45) is 2.48. The van der Waals surface area contributed by atoms with Gasteiger partial charge in [-0.05, 0) is 38.5 Å². The molecule has 0 radical (unpaired) electrons.